The highest BCUT2D eigenvalue weighted by Gasteiger charge is 2.43. The Morgan fingerprint density at radius 3 is 2.58 bits per heavy atom. The first-order valence-corrected chi connectivity index (χ1v) is 8.46. The third-order valence-electron chi connectivity index (χ3n) is 4.79. The molecule has 0 unspecified atom stereocenters. The topological polar surface area (TPSA) is 65.0 Å². The fraction of sp³-hybridized carbons (Fsp3) is 0.381. The van der Waals surface area contributed by atoms with Crippen molar-refractivity contribution in [2.24, 2.45) is 5.92 Å². The van der Waals surface area contributed by atoms with Crippen molar-refractivity contribution in [2.45, 2.75) is 25.4 Å². The lowest BCUT2D eigenvalue weighted by Gasteiger charge is -2.39. The van der Waals surface area contributed by atoms with Gasteiger partial charge in [-0.2, -0.15) is 0 Å². The van der Waals surface area contributed by atoms with Gasteiger partial charge in [-0.15, -0.1) is 6.58 Å². The smallest absolute Gasteiger partial charge is 0.185 e. The fourth-order valence-corrected chi connectivity index (χ4v) is 3.36. The molecule has 140 valence electrons. The van der Waals surface area contributed by atoms with E-state index in [2.05, 4.69) is 6.58 Å². The molecule has 0 heterocycles. The number of allylic oxidation sites excluding steroid dienone is 3. The normalized spacial score (nSPS) is 20.8. The Balaban J connectivity index is 2.41. The maximum atomic E-state index is 12.3. The molecule has 5 nitrogen and oxygen atoms in total. The van der Waals surface area contributed by atoms with Gasteiger partial charge in [0.2, 0.25) is 0 Å². The van der Waals surface area contributed by atoms with E-state index >= 15 is 0 Å². The van der Waals surface area contributed by atoms with Gasteiger partial charge in [0.15, 0.2) is 17.3 Å². The molecule has 26 heavy (non-hydrogen) atoms. The number of phenolic OH excluding ortho intramolecular Hbond substituents is 1. The molecule has 2 atom stereocenters. The lowest BCUT2D eigenvalue weighted by Crippen LogP contribution is -2.43. The van der Waals surface area contributed by atoms with Gasteiger partial charge in [-0.05, 0) is 36.6 Å². The second-order valence-corrected chi connectivity index (χ2v) is 6.35. The van der Waals surface area contributed by atoms with Gasteiger partial charge >= 0.3 is 0 Å². The average molecular weight is 358 g/mol. The molecule has 0 aliphatic heterocycles. The maximum Gasteiger partial charge on any atom is 0.185 e. The van der Waals surface area contributed by atoms with Crippen LogP contribution in [0.4, 0.5) is 0 Å². The first kappa shape index (κ1) is 19.8. The number of hydrogen-bond donors (Lipinski definition) is 1. The summed E-state index contributed by atoms with van der Waals surface area (Å²) in [4.78, 5) is 12.3. The third-order valence-corrected chi connectivity index (χ3v) is 4.79. The molecule has 1 aliphatic rings. The van der Waals surface area contributed by atoms with Crippen LogP contribution in [0.2, 0.25) is 0 Å². The van der Waals surface area contributed by atoms with E-state index in [-0.39, 0.29) is 17.5 Å². The Morgan fingerprint density at radius 2 is 2.00 bits per heavy atom. The lowest BCUT2D eigenvalue weighted by molar-refractivity contribution is -0.112. The minimum atomic E-state index is -0.855. The maximum absolute atomic E-state index is 12.3. The predicted molar refractivity (Wildman–Crippen MR) is 100 cm³/mol. The molecule has 1 N–H and O–H groups in total. The van der Waals surface area contributed by atoms with Crippen LogP contribution in [0.1, 0.15) is 18.9 Å². The van der Waals surface area contributed by atoms with E-state index in [1.165, 1.54) is 20.3 Å². The van der Waals surface area contributed by atoms with Gasteiger partial charge in [0, 0.05) is 24.7 Å². The summed E-state index contributed by atoms with van der Waals surface area (Å²) in [5.41, 5.74) is 0.763. The van der Waals surface area contributed by atoms with Crippen LogP contribution in [-0.4, -0.2) is 37.8 Å². The van der Waals surface area contributed by atoms with E-state index in [1.807, 2.05) is 19.1 Å². The molecule has 0 bridgehead atoms. The van der Waals surface area contributed by atoms with Crippen molar-refractivity contribution in [3.8, 4) is 11.5 Å². The first-order chi connectivity index (χ1) is 12.4. The summed E-state index contributed by atoms with van der Waals surface area (Å²) in [5, 5.41) is 9.78. The van der Waals surface area contributed by atoms with Crippen LogP contribution in [-0.2, 0) is 20.7 Å². The molecule has 0 saturated heterocycles. The molecule has 0 spiro atoms. The fourth-order valence-electron chi connectivity index (χ4n) is 3.36. The second-order valence-electron chi connectivity index (χ2n) is 6.35. The van der Waals surface area contributed by atoms with Crippen LogP contribution in [0.25, 0.3) is 0 Å². The van der Waals surface area contributed by atoms with Crippen molar-refractivity contribution >= 4 is 5.78 Å². The first-order valence-electron chi connectivity index (χ1n) is 8.46. The molecule has 0 saturated carbocycles. The summed E-state index contributed by atoms with van der Waals surface area (Å²) in [6, 6.07) is 5.25. The molecule has 1 aliphatic carbocycles. The molecule has 0 fully saturated rings. The molecule has 0 radical (unpaired) electrons. The van der Waals surface area contributed by atoms with Crippen molar-refractivity contribution in [3.63, 3.8) is 0 Å². The molecular formula is C21H26O5. The highest BCUT2D eigenvalue weighted by Crippen LogP contribution is 2.39. The number of aromatic hydroxyl groups is 1. The highest BCUT2D eigenvalue weighted by atomic mass is 16.5. The molecule has 2 rings (SSSR count). The number of carbonyl (C=O) groups is 1. The molecule has 1 aromatic rings. The number of methoxy groups -OCH3 is 3. The third kappa shape index (κ3) is 3.68. The van der Waals surface area contributed by atoms with E-state index in [4.69, 9.17) is 14.2 Å². The molecule has 0 amide bonds. The number of rotatable bonds is 8. The van der Waals surface area contributed by atoms with Crippen LogP contribution >= 0.6 is 0 Å². The van der Waals surface area contributed by atoms with Gasteiger partial charge in [0.1, 0.15) is 11.4 Å². The van der Waals surface area contributed by atoms with Gasteiger partial charge in [-0.3, -0.25) is 4.79 Å². The van der Waals surface area contributed by atoms with Crippen LogP contribution in [0.3, 0.4) is 0 Å². The Kier molecular flexibility index (Phi) is 6.27. The van der Waals surface area contributed by atoms with Crippen LogP contribution < -0.4 is 4.74 Å². The summed E-state index contributed by atoms with van der Waals surface area (Å²) in [5.74, 6) is 0.870. The van der Waals surface area contributed by atoms with Crippen molar-refractivity contribution in [1.82, 2.24) is 0 Å². The molecular weight excluding hydrogens is 332 g/mol. The Bertz CT molecular complexity index is 747. The molecule has 1 aromatic carbocycles. The summed E-state index contributed by atoms with van der Waals surface area (Å²) < 4.78 is 16.6. The van der Waals surface area contributed by atoms with Gasteiger partial charge in [-0.25, -0.2) is 0 Å². The summed E-state index contributed by atoms with van der Waals surface area (Å²) in [6.07, 6.45) is 6.15. The zero-order valence-corrected chi connectivity index (χ0v) is 15.7. The second kappa shape index (κ2) is 8.23. The number of ether oxygens (including phenoxy) is 3. The minimum absolute atomic E-state index is 0.0409. The summed E-state index contributed by atoms with van der Waals surface area (Å²) in [7, 11) is 4.66. The van der Waals surface area contributed by atoms with Crippen molar-refractivity contribution in [1.29, 1.82) is 0 Å². The van der Waals surface area contributed by atoms with Crippen LogP contribution in [0.15, 0.2) is 54.3 Å². The highest BCUT2D eigenvalue weighted by molar-refractivity contribution is 6.06. The van der Waals surface area contributed by atoms with Crippen molar-refractivity contribution < 1.29 is 24.1 Å². The van der Waals surface area contributed by atoms with E-state index in [9.17, 15) is 9.90 Å². The average Bonchev–Trinajstić information content (AvgIpc) is 2.64. The van der Waals surface area contributed by atoms with E-state index in [0.29, 0.717) is 29.9 Å². The number of hydrogen-bond acceptors (Lipinski definition) is 5. The van der Waals surface area contributed by atoms with Crippen molar-refractivity contribution in [2.75, 3.05) is 21.3 Å². The molecule has 5 heteroatoms. The number of benzene rings is 1. The van der Waals surface area contributed by atoms with Crippen LogP contribution in [0.5, 0.6) is 11.5 Å². The number of ketones is 1. The summed E-state index contributed by atoms with van der Waals surface area (Å²) in [6.45, 7) is 5.75. The van der Waals surface area contributed by atoms with Crippen molar-refractivity contribution in [3.05, 3.63) is 59.9 Å². The predicted octanol–water partition coefficient (Wildman–Crippen LogP) is 3.58. The quantitative estimate of drug-likeness (QED) is 0.720. The zero-order valence-electron chi connectivity index (χ0n) is 15.7. The monoisotopic (exact) mass is 358 g/mol. The van der Waals surface area contributed by atoms with E-state index < -0.39 is 5.60 Å². The SMILES string of the molecule is C=CCC1=C[C@@](OC)([C@H](C)Cc2ccc(O)c(OC)c2)C(OC)=CC1=O. The number of phenols is 1. The van der Waals surface area contributed by atoms with Crippen LogP contribution in [0, 0.1) is 5.92 Å². The van der Waals surface area contributed by atoms with E-state index in [1.54, 1.807) is 25.3 Å². The number of carbonyl (C=O) groups excluding carboxylic acids is 1. The van der Waals surface area contributed by atoms with Gasteiger partial charge in [-0.1, -0.05) is 19.1 Å². The zero-order chi connectivity index (χ0) is 19.3. The standard InChI is InChI=1S/C21H26O5/c1-6-7-16-13-21(26-5,20(25-4)12-18(16)23)14(2)10-15-8-9-17(22)19(11-15)24-3/h6,8-9,11-14,22H,1,7,10H2,2-5H3/t14-,21-/m1/s1. The van der Waals surface area contributed by atoms with Gasteiger partial charge in [0.05, 0.1) is 14.2 Å². The Hall–Kier alpha value is -2.53. The van der Waals surface area contributed by atoms with E-state index in [0.717, 1.165) is 5.56 Å². The summed E-state index contributed by atoms with van der Waals surface area (Å²) >= 11 is 0. The lowest BCUT2D eigenvalue weighted by atomic mass is 9.77. The Labute approximate surface area is 154 Å². The van der Waals surface area contributed by atoms with Gasteiger partial charge < -0.3 is 19.3 Å². The van der Waals surface area contributed by atoms with Gasteiger partial charge in [0.25, 0.3) is 0 Å². The minimum Gasteiger partial charge on any atom is -0.504 e. The Morgan fingerprint density at radius 1 is 1.27 bits per heavy atom. The molecule has 0 aromatic heterocycles. The largest absolute Gasteiger partial charge is 0.504 e.